The van der Waals surface area contributed by atoms with Crippen LogP contribution in [0.15, 0.2) is 0 Å². The molecular weight excluding hydrogens is 274 g/mol. The average molecular weight is 316 g/mol. The molecule has 0 aliphatic carbocycles. The quantitative estimate of drug-likeness (QED) is 0.366. The van der Waals surface area contributed by atoms with E-state index in [9.17, 15) is 10.2 Å². The lowest BCUT2D eigenvalue weighted by atomic mass is 9.98. The fourth-order valence-corrected chi connectivity index (χ4v) is 2.89. The van der Waals surface area contributed by atoms with Crippen LogP contribution in [-0.4, -0.2) is 28.5 Å². The van der Waals surface area contributed by atoms with E-state index in [-0.39, 0.29) is 6.04 Å². The highest BCUT2D eigenvalue weighted by atomic mass is 16.3. The van der Waals surface area contributed by atoms with Crippen molar-refractivity contribution in [3.63, 3.8) is 0 Å². The first kappa shape index (κ1) is 21.9. The SMILES string of the molecule is CCCCCCCCCCCCCCC(O)C(O)C(N)CC. The van der Waals surface area contributed by atoms with Crippen LogP contribution in [0.2, 0.25) is 0 Å². The van der Waals surface area contributed by atoms with Crippen molar-refractivity contribution in [3.05, 3.63) is 0 Å². The molecule has 134 valence electrons. The van der Waals surface area contributed by atoms with Crippen molar-refractivity contribution in [1.82, 2.24) is 0 Å². The van der Waals surface area contributed by atoms with Gasteiger partial charge < -0.3 is 15.9 Å². The van der Waals surface area contributed by atoms with Crippen LogP contribution in [-0.2, 0) is 0 Å². The van der Waals surface area contributed by atoms with Crippen molar-refractivity contribution in [2.45, 2.75) is 122 Å². The molecule has 0 amide bonds. The van der Waals surface area contributed by atoms with E-state index in [1.807, 2.05) is 6.92 Å². The molecule has 0 aromatic heterocycles. The summed E-state index contributed by atoms with van der Waals surface area (Å²) in [6, 6.07) is -0.299. The van der Waals surface area contributed by atoms with E-state index in [4.69, 9.17) is 5.73 Å². The summed E-state index contributed by atoms with van der Waals surface area (Å²) in [4.78, 5) is 0. The van der Waals surface area contributed by atoms with Gasteiger partial charge in [0.15, 0.2) is 0 Å². The van der Waals surface area contributed by atoms with Gasteiger partial charge in [-0.2, -0.15) is 0 Å². The summed E-state index contributed by atoms with van der Waals surface area (Å²) in [6.45, 7) is 4.20. The highest BCUT2D eigenvalue weighted by Gasteiger charge is 2.21. The third-order valence-corrected chi connectivity index (χ3v) is 4.66. The molecule has 0 heterocycles. The Labute approximate surface area is 138 Å². The summed E-state index contributed by atoms with van der Waals surface area (Å²) < 4.78 is 0. The molecule has 0 rings (SSSR count). The van der Waals surface area contributed by atoms with Crippen LogP contribution in [0, 0.1) is 0 Å². The zero-order valence-electron chi connectivity index (χ0n) is 15.1. The first-order valence-electron chi connectivity index (χ1n) is 9.75. The Bertz CT molecular complexity index is 223. The maximum Gasteiger partial charge on any atom is 0.0949 e. The van der Waals surface area contributed by atoms with E-state index in [1.165, 1.54) is 64.2 Å². The summed E-state index contributed by atoms with van der Waals surface area (Å²) in [5, 5.41) is 19.6. The van der Waals surface area contributed by atoms with Crippen LogP contribution < -0.4 is 5.73 Å². The summed E-state index contributed by atoms with van der Waals surface area (Å²) >= 11 is 0. The van der Waals surface area contributed by atoms with Crippen molar-refractivity contribution in [2.75, 3.05) is 0 Å². The topological polar surface area (TPSA) is 66.5 Å². The highest BCUT2D eigenvalue weighted by Crippen LogP contribution is 2.14. The first-order chi connectivity index (χ1) is 10.6. The fraction of sp³-hybridized carbons (Fsp3) is 1.00. The summed E-state index contributed by atoms with van der Waals surface area (Å²) in [5.41, 5.74) is 5.74. The van der Waals surface area contributed by atoms with Gasteiger partial charge in [-0.25, -0.2) is 0 Å². The predicted molar refractivity (Wildman–Crippen MR) is 96.0 cm³/mol. The lowest BCUT2D eigenvalue weighted by Gasteiger charge is -2.22. The molecule has 0 aliphatic rings. The molecule has 0 spiro atoms. The second kappa shape index (κ2) is 15.8. The zero-order valence-corrected chi connectivity index (χ0v) is 15.1. The summed E-state index contributed by atoms with van der Waals surface area (Å²) in [5.74, 6) is 0. The van der Waals surface area contributed by atoms with Crippen LogP contribution in [0.1, 0.15) is 104 Å². The van der Waals surface area contributed by atoms with E-state index < -0.39 is 12.2 Å². The number of rotatable bonds is 16. The molecule has 0 aliphatic heterocycles. The van der Waals surface area contributed by atoms with Crippen LogP contribution in [0.25, 0.3) is 0 Å². The van der Waals surface area contributed by atoms with Crippen molar-refractivity contribution < 1.29 is 10.2 Å². The Hall–Kier alpha value is -0.120. The van der Waals surface area contributed by atoms with E-state index in [0.29, 0.717) is 12.8 Å². The molecule has 0 aromatic rings. The van der Waals surface area contributed by atoms with Gasteiger partial charge in [-0.15, -0.1) is 0 Å². The standard InChI is InChI=1S/C19H41NO2/c1-3-5-6-7-8-9-10-11-12-13-14-15-16-18(21)19(22)17(20)4-2/h17-19,21-22H,3-16,20H2,1-2H3. The number of hydrogen-bond acceptors (Lipinski definition) is 3. The maximum atomic E-state index is 9.85. The van der Waals surface area contributed by atoms with Crippen molar-refractivity contribution in [3.8, 4) is 0 Å². The second-order valence-electron chi connectivity index (χ2n) is 6.81. The molecule has 0 saturated carbocycles. The molecule has 3 heteroatoms. The summed E-state index contributed by atoms with van der Waals surface area (Å²) in [6.07, 6.45) is 15.7. The molecule has 0 bridgehead atoms. The van der Waals surface area contributed by atoms with Crippen molar-refractivity contribution in [2.24, 2.45) is 5.73 Å². The van der Waals surface area contributed by atoms with Crippen molar-refractivity contribution in [1.29, 1.82) is 0 Å². The minimum atomic E-state index is -0.766. The number of aliphatic hydroxyl groups is 2. The van der Waals surface area contributed by atoms with Crippen LogP contribution in [0.5, 0.6) is 0 Å². The number of nitrogens with two attached hydrogens (primary N) is 1. The van der Waals surface area contributed by atoms with E-state index in [1.54, 1.807) is 0 Å². The molecule has 3 atom stereocenters. The van der Waals surface area contributed by atoms with E-state index in [0.717, 1.165) is 12.8 Å². The maximum absolute atomic E-state index is 9.85. The molecule has 0 fully saturated rings. The van der Waals surface area contributed by atoms with Gasteiger partial charge >= 0.3 is 0 Å². The van der Waals surface area contributed by atoms with E-state index in [2.05, 4.69) is 6.92 Å². The van der Waals surface area contributed by atoms with Gasteiger partial charge in [0.2, 0.25) is 0 Å². The molecule has 3 nitrogen and oxygen atoms in total. The van der Waals surface area contributed by atoms with Gasteiger partial charge in [0, 0.05) is 6.04 Å². The third-order valence-electron chi connectivity index (χ3n) is 4.66. The number of aliphatic hydroxyl groups excluding tert-OH is 2. The molecule has 4 N–H and O–H groups in total. The van der Waals surface area contributed by atoms with Crippen LogP contribution in [0.4, 0.5) is 0 Å². The number of unbranched alkanes of at least 4 members (excludes halogenated alkanes) is 11. The lowest BCUT2D eigenvalue weighted by Crippen LogP contribution is -2.42. The normalized spacial score (nSPS) is 15.7. The average Bonchev–Trinajstić information content (AvgIpc) is 2.54. The molecule has 3 unspecified atom stereocenters. The molecule has 0 radical (unpaired) electrons. The lowest BCUT2D eigenvalue weighted by molar-refractivity contribution is -0.00222. The Morgan fingerprint density at radius 1 is 0.682 bits per heavy atom. The second-order valence-corrected chi connectivity index (χ2v) is 6.81. The van der Waals surface area contributed by atoms with Crippen LogP contribution >= 0.6 is 0 Å². The Kier molecular flexibility index (Phi) is 15.7. The van der Waals surface area contributed by atoms with Gasteiger partial charge in [-0.3, -0.25) is 0 Å². The van der Waals surface area contributed by atoms with E-state index >= 15 is 0 Å². The molecule has 0 aromatic carbocycles. The van der Waals surface area contributed by atoms with Gasteiger partial charge in [-0.1, -0.05) is 90.9 Å². The zero-order chi connectivity index (χ0) is 16.6. The largest absolute Gasteiger partial charge is 0.390 e. The Morgan fingerprint density at radius 3 is 1.50 bits per heavy atom. The van der Waals surface area contributed by atoms with Crippen molar-refractivity contribution >= 4 is 0 Å². The smallest absolute Gasteiger partial charge is 0.0949 e. The minimum absolute atomic E-state index is 0.299. The first-order valence-corrected chi connectivity index (χ1v) is 9.75. The number of hydrogen-bond donors (Lipinski definition) is 3. The summed E-state index contributed by atoms with van der Waals surface area (Å²) in [7, 11) is 0. The Balaban J connectivity index is 3.26. The Morgan fingerprint density at radius 2 is 1.09 bits per heavy atom. The van der Waals surface area contributed by atoms with Gasteiger partial charge in [0.1, 0.15) is 0 Å². The molecule has 22 heavy (non-hydrogen) atoms. The molecule has 0 saturated heterocycles. The monoisotopic (exact) mass is 315 g/mol. The van der Waals surface area contributed by atoms with Gasteiger partial charge in [0.25, 0.3) is 0 Å². The van der Waals surface area contributed by atoms with Crippen LogP contribution in [0.3, 0.4) is 0 Å². The molecular formula is C19H41NO2. The fourth-order valence-electron chi connectivity index (χ4n) is 2.89. The van der Waals surface area contributed by atoms with Gasteiger partial charge in [-0.05, 0) is 12.8 Å². The third kappa shape index (κ3) is 12.4. The highest BCUT2D eigenvalue weighted by molar-refractivity contribution is 4.77. The predicted octanol–water partition coefficient (Wildman–Crippen LogP) is 4.54. The van der Waals surface area contributed by atoms with Gasteiger partial charge in [0.05, 0.1) is 12.2 Å². The minimum Gasteiger partial charge on any atom is -0.390 e.